The van der Waals surface area contributed by atoms with E-state index in [0.29, 0.717) is 0 Å². The van der Waals surface area contributed by atoms with Crippen LogP contribution in [0.3, 0.4) is 0 Å². The molecule has 0 fully saturated rings. The van der Waals surface area contributed by atoms with Gasteiger partial charge in [0, 0.05) is 18.9 Å². The second-order valence-electron chi connectivity index (χ2n) is 2.92. The highest BCUT2D eigenvalue weighted by Gasteiger charge is 2.01. The van der Waals surface area contributed by atoms with Crippen molar-refractivity contribution >= 4 is 0 Å². The van der Waals surface area contributed by atoms with Crippen LogP contribution in [0.15, 0.2) is 49.3 Å². The summed E-state index contributed by atoms with van der Waals surface area (Å²) in [6.07, 6.45) is 5.88. The maximum atomic E-state index is 3.73. The summed E-state index contributed by atoms with van der Waals surface area (Å²) < 4.78 is 2.15. The number of nitrogens with one attached hydrogen (secondary N) is 1. The normalized spacial score (nSPS) is 10.2. The molecule has 2 aromatic heterocycles. The van der Waals surface area contributed by atoms with Gasteiger partial charge in [0.15, 0.2) is 0 Å². The van der Waals surface area contributed by atoms with Gasteiger partial charge in [-0.2, -0.15) is 0 Å². The van der Waals surface area contributed by atoms with E-state index >= 15 is 0 Å². The Balaban J connectivity index is 2.40. The lowest BCUT2D eigenvalue weighted by atomic mass is 10.3. The van der Waals surface area contributed by atoms with Crippen molar-refractivity contribution in [3.05, 3.63) is 49.3 Å². The van der Waals surface area contributed by atoms with Crippen LogP contribution >= 0.6 is 0 Å². The smallest absolute Gasteiger partial charge is 0.0648 e. The Kier molecular flexibility index (Phi) is 2.04. The maximum absolute atomic E-state index is 3.73. The molecular formula is C11H12N2. The first-order chi connectivity index (χ1) is 6.42. The van der Waals surface area contributed by atoms with E-state index in [4.69, 9.17) is 0 Å². The molecule has 0 radical (unpaired) electrons. The third-order valence-corrected chi connectivity index (χ3v) is 2.03. The molecule has 2 heterocycles. The monoisotopic (exact) mass is 172 g/mol. The largest absolute Gasteiger partial charge is 0.360 e. The molecule has 0 saturated carbocycles. The molecule has 66 valence electrons. The number of aromatic nitrogens is 2. The van der Waals surface area contributed by atoms with Gasteiger partial charge in [0.05, 0.1) is 11.4 Å². The van der Waals surface area contributed by atoms with Crippen LogP contribution in [0.25, 0.3) is 11.4 Å². The predicted molar refractivity (Wildman–Crippen MR) is 54.4 cm³/mol. The third kappa shape index (κ3) is 1.43. The number of nitrogens with zero attached hydrogens (tertiary/aromatic N) is 1. The molecule has 0 atom stereocenters. The summed E-state index contributed by atoms with van der Waals surface area (Å²) in [4.78, 5) is 3.18. The summed E-state index contributed by atoms with van der Waals surface area (Å²) >= 11 is 0. The van der Waals surface area contributed by atoms with Crippen molar-refractivity contribution in [3.63, 3.8) is 0 Å². The van der Waals surface area contributed by atoms with Crippen molar-refractivity contribution in [2.75, 3.05) is 0 Å². The minimum atomic E-state index is 0.849. The molecule has 0 spiro atoms. The summed E-state index contributed by atoms with van der Waals surface area (Å²) in [7, 11) is 0. The van der Waals surface area contributed by atoms with Gasteiger partial charge in [0.2, 0.25) is 0 Å². The van der Waals surface area contributed by atoms with Gasteiger partial charge in [-0.3, -0.25) is 0 Å². The zero-order chi connectivity index (χ0) is 9.10. The van der Waals surface area contributed by atoms with Gasteiger partial charge in [0.25, 0.3) is 0 Å². The SMILES string of the molecule is C=CCn1cccc1-c1ccc[nH]1. The molecule has 0 saturated heterocycles. The minimum absolute atomic E-state index is 0.849. The summed E-state index contributed by atoms with van der Waals surface area (Å²) in [5.41, 5.74) is 2.34. The van der Waals surface area contributed by atoms with Crippen LogP contribution in [0.1, 0.15) is 0 Å². The lowest BCUT2D eigenvalue weighted by molar-refractivity contribution is 0.838. The van der Waals surface area contributed by atoms with Crippen LogP contribution in [0.4, 0.5) is 0 Å². The molecule has 13 heavy (non-hydrogen) atoms. The van der Waals surface area contributed by atoms with Gasteiger partial charge in [-0.1, -0.05) is 6.08 Å². The number of allylic oxidation sites excluding steroid dienone is 1. The van der Waals surface area contributed by atoms with Crippen LogP contribution in [-0.4, -0.2) is 9.55 Å². The third-order valence-electron chi connectivity index (χ3n) is 2.03. The molecule has 0 amide bonds. The van der Waals surface area contributed by atoms with E-state index in [1.807, 2.05) is 24.4 Å². The topological polar surface area (TPSA) is 20.7 Å². The highest BCUT2D eigenvalue weighted by molar-refractivity contribution is 5.55. The van der Waals surface area contributed by atoms with E-state index in [1.54, 1.807) is 0 Å². The van der Waals surface area contributed by atoms with Gasteiger partial charge >= 0.3 is 0 Å². The van der Waals surface area contributed by atoms with Gasteiger partial charge < -0.3 is 9.55 Å². The first-order valence-corrected chi connectivity index (χ1v) is 4.31. The van der Waals surface area contributed by atoms with Crippen LogP contribution in [0, 0.1) is 0 Å². The summed E-state index contributed by atoms with van der Waals surface area (Å²) in [6.45, 7) is 4.58. The summed E-state index contributed by atoms with van der Waals surface area (Å²) in [6, 6.07) is 8.20. The van der Waals surface area contributed by atoms with E-state index < -0.39 is 0 Å². The first kappa shape index (κ1) is 7.92. The fraction of sp³-hybridized carbons (Fsp3) is 0.0909. The Labute approximate surface area is 77.5 Å². The average molecular weight is 172 g/mol. The molecule has 0 aliphatic heterocycles. The van der Waals surface area contributed by atoms with Gasteiger partial charge in [-0.05, 0) is 24.3 Å². The average Bonchev–Trinajstić information content (AvgIpc) is 2.71. The van der Waals surface area contributed by atoms with Gasteiger partial charge in [0.1, 0.15) is 0 Å². The van der Waals surface area contributed by atoms with Crippen LogP contribution in [0.5, 0.6) is 0 Å². The highest BCUT2D eigenvalue weighted by atomic mass is 15.0. The van der Waals surface area contributed by atoms with E-state index in [0.717, 1.165) is 12.2 Å². The Bertz CT molecular complexity index is 382. The molecule has 2 rings (SSSR count). The molecule has 0 aliphatic carbocycles. The molecule has 1 N–H and O–H groups in total. The molecule has 2 nitrogen and oxygen atoms in total. The van der Waals surface area contributed by atoms with Gasteiger partial charge in [-0.25, -0.2) is 0 Å². The van der Waals surface area contributed by atoms with E-state index in [1.165, 1.54) is 5.69 Å². The second-order valence-corrected chi connectivity index (χ2v) is 2.92. The van der Waals surface area contributed by atoms with Crippen LogP contribution in [-0.2, 0) is 6.54 Å². The summed E-state index contributed by atoms with van der Waals surface area (Å²) in [5.74, 6) is 0. The molecule has 2 heteroatoms. The molecule has 0 aliphatic rings. The van der Waals surface area contributed by atoms with E-state index in [9.17, 15) is 0 Å². The minimum Gasteiger partial charge on any atom is -0.360 e. The van der Waals surface area contributed by atoms with E-state index in [2.05, 4.69) is 34.5 Å². The van der Waals surface area contributed by atoms with Crippen molar-refractivity contribution < 1.29 is 0 Å². The zero-order valence-corrected chi connectivity index (χ0v) is 7.40. The molecule has 0 bridgehead atoms. The Morgan fingerprint density at radius 2 is 2.31 bits per heavy atom. The number of aromatic amines is 1. The van der Waals surface area contributed by atoms with Crippen molar-refractivity contribution in [2.24, 2.45) is 0 Å². The second kappa shape index (κ2) is 3.35. The lowest BCUT2D eigenvalue weighted by Gasteiger charge is -2.03. The molecular weight excluding hydrogens is 160 g/mol. The molecule has 0 aromatic carbocycles. The maximum Gasteiger partial charge on any atom is 0.0648 e. The standard InChI is InChI=1S/C11H12N2/c1-2-8-13-9-4-6-11(13)10-5-3-7-12-10/h2-7,9,12H,1,8H2. The van der Waals surface area contributed by atoms with Crippen LogP contribution < -0.4 is 0 Å². The summed E-state index contributed by atoms with van der Waals surface area (Å²) in [5, 5.41) is 0. The number of hydrogen-bond acceptors (Lipinski definition) is 0. The van der Waals surface area contributed by atoms with Gasteiger partial charge in [-0.15, -0.1) is 6.58 Å². The van der Waals surface area contributed by atoms with E-state index in [-0.39, 0.29) is 0 Å². The highest BCUT2D eigenvalue weighted by Crippen LogP contribution is 2.17. The first-order valence-electron chi connectivity index (χ1n) is 4.31. The van der Waals surface area contributed by atoms with Crippen molar-refractivity contribution in [1.82, 2.24) is 9.55 Å². The van der Waals surface area contributed by atoms with Crippen molar-refractivity contribution in [3.8, 4) is 11.4 Å². The fourth-order valence-corrected chi connectivity index (χ4v) is 1.45. The lowest BCUT2D eigenvalue weighted by Crippen LogP contribution is -1.95. The molecule has 0 unspecified atom stereocenters. The van der Waals surface area contributed by atoms with Crippen molar-refractivity contribution in [1.29, 1.82) is 0 Å². The predicted octanol–water partition coefficient (Wildman–Crippen LogP) is 2.67. The molecule has 2 aromatic rings. The van der Waals surface area contributed by atoms with Crippen LogP contribution in [0.2, 0.25) is 0 Å². The van der Waals surface area contributed by atoms with Crippen molar-refractivity contribution in [2.45, 2.75) is 6.54 Å². The number of rotatable bonds is 3. The Hall–Kier alpha value is -1.70. The number of H-pyrrole nitrogens is 1. The fourth-order valence-electron chi connectivity index (χ4n) is 1.45. The Morgan fingerprint density at radius 1 is 1.38 bits per heavy atom. The Morgan fingerprint density at radius 3 is 3.00 bits per heavy atom. The zero-order valence-electron chi connectivity index (χ0n) is 7.40. The number of hydrogen-bond donors (Lipinski definition) is 1. The quantitative estimate of drug-likeness (QED) is 0.687.